The lowest BCUT2D eigenvalue weighted by Crippen LogP contribution is -2.17. The average molecular weight is 354 g/mol. The van der Waals surface area contributed by atoms with Crippen LogP contribution in [0.25, 0.3) is 0 Å². The molecule has 1 heterocycles. The van der Waals surface area contributed by atoms with Crippen LogP contribution in [0, 0.1) is 15.9 Å². The van der Waals surface area contributed by atoms with Gasteiger partial charge in [-0.05, 0) is 24.3 Å². The largest absolute Gasteiger partial charge is 0.486 e. The molecule has 3 rings (SSSR count). The molecular formula is C14H11FN2O6S. The first-order valence-corrected chi connectivity index (χ1v) is 8.21. The van der Waals surface area contributed by atoms with E-state index in [9.17, 15) is 22.9 Å². The van der Waals surface area contributed by atoms with E-state index >= 15 is 0 Å². The first-order valence-electron chi connectivity index (χ1n) is 6.73. The van der Waals surface area contributed by atoms with Crippen LogP contribution in [0.3, 0.4) is 0 Å². The van der Waals surface area contributed by atoms with Crippen molar-refractivity contribution in [2.45, 2.75) is 4.90 Å². The van der Waals surface area contributed by atoms with E-state index in [1.807, 2.05) is 0 Å². The van der Waals surface area contributed by atoms with Gasteiger partial charge in [-0.25, -0.2) is 8.42 Å². The van der Waals surface area contributed by atoms with Crippen molar-refractivity contribution in [2.24, 2.45) is 0 Å². The highest BCUT2D eigenvalue weighted by atomic mass is 32.2. The van der Waals surface area contributed by atoms with Gasteiger partial charge in [0.25, 0.3) is 10.0 Å². The van der Waals surface area contributed by atoms with Crippen molar-refractivity contribution in [3.05, 3.63) is 52.3 Å². The molecule has 0 saturated heterocycles. The van der Waals surface area contributed by atoms with Gasteiger partial charge in [0.05, 0.1) is 15.5 Å². The second kappa shape index (κ2) is 5.96. The number of hydrogen-bond acceptors (Lipinski definition) is 6. The van der Waals surface area contributed by atoms with Crippen LogP contribution in [0.1, 0.15) is 0 Å². The molecular weight excluding hydrogens is 343 g/mol. The van der Waals surface area contributed by atoms with E-state index in [0.29, 0.717) is 19.0 Å². The lowest BCUT2D eigenvalue weighted by atomic mass is 10.3. The normalized spacial score (nSPS) is 13.4. The van der Waals surface area contributed by atoms with Crippen molar-refractivity contribution in [1.82, 2.24) is 0 Å². The summed E-state index contributed by atoms with van der Waals surface area (Å²) in [5.74, 6) is -0.339. The molecule has 0 atom stereocenters. The Bertz CT molecular complexity index is 915. The molecule has 0 aromatic heterocycles. The molecule has 8 nitrogen and oxygen atoms in total. The second-order valence-electron chi connectivity index (χ2n) is 4.83. The Kier molecular flexibility index (Phi) is 3.97. The highest BCUT2D eigenvalue weighted by molar-refractivity contribution is 7.92. The van der Waals surface area contributed by atoms with E-state index in [1.165, 1.54) is 18.2 Å². The Morgan fingerprint density at radius 3 is 2.50 bits per heavy atom. The van der Waals surface area contributed by atoms with Gasteiger partial charge in [0, 0.05) is 12.1 Å². The van der Waals surface area contributed by atoms with Gasteiger partial charge >= 0.3 is 5.69 Å². The number of halogens is 1. The van der Waals surface area contributed by atoms with Gasteiger partial charge < -0.3 is 9.47 Å². The first kappa shape index (κ1) is 16.0. The van der Waals surface area contributed by atoms with Crippen molar-refractivity contribution in [3.63, 3.8) is 0 Å². The van der Waals surface area contributed by atoms with Crippen LogP contribution in [0.15, 0.2) is 41.3 Å². The fraction of sp³-hybridized carbons (Fsp3) is 0.143. The third kappa shape index (κ3) is 3.08. The van der Waals surface area contributed by atoms with Crippen molar-refractivity contribution in [3.8, 4) is 11.5 Å². The average Bonchev–Trinajstić information content (AvgIpc) is 2.55. The minimum absolute atomic E-state index is 0.112. The maximum absolute atomic E-state index is 13.3. The Morgan fingerprint density at radius 2 is 1.79 bits per heavy atom. The number of sulfonamides is 1. The summed E-state index contributed by atoms with van der Waals surface area (Å²) in [6.07, 6.45) is 0. The van der Waals surface area contributed by atoms with Crippen LogP contribution < -0.4 is 14.2 Å². The molecule has 2 aromatic carbocycles. The summed E-state index contributed by atoms with van der Waals surface area (Å²) in [5.41, 5.74) is -0.949. The van der Waals surface area contributed by atoms with Crippen LogP contribution >= 0.6 is 0 Å². The SMILES string of the molecule is O=[N+]([O-])c1cc(NS(=O)(=O)c2ccc3c(c2)OCCO3)ccc1F. The molecule has 0 aliphatic carbocycles. The lowest BCUT2D eigenvalue weighted by molar-refractivity contribution is -0.387. The Labute approximate surface area is 136 Å². The lowest BCUT2D eigenvalue weighted by Gasteiger charge is -2.19. The van der Waals surface area contributed by atoms with Crippen LogP contribution in [-0.2, 0) is 10.0 Å². The standard InChI is InChI=1S/C14H11FN2O6S/c15-11-3-1-9(7-12(11)17(18)19)16-24(20,21)10-2-4-13-14(8-10)23-6-5-22-13/h1-4,7-8,16H,5-6H2. The predicted octanol–water partition coefficient (Wildman–Crippen LogP) is 2.31. The van der Waals surface area contributed by atoms with Crippen molar-refractivity contribution in [1.29, 1.82) is 0 Å². The molecule has 1 N–H and O–H groups in total. The predicted molar refractivity (Wildman–Crippen MR) is 81.3 cm³/mol. The summed E-state index contributed by atoms with van der Waals surface area (Å²) >= 11 is 0. The van der Waals surface area contributed by atoms with Gasteiger partial charge in [0.15, 0.2) is 11.5 Å². The number of ether oxygens (including phenoxy) is 2. The van der Waals surface area contributed by atoms with Gasteiger partial charge in [-0.3, -0.25) is 14.8 Å². The minimum Gasteiger partial charge on any atom is -0.486 e. The molecule has 0 amide bonds. The molecule has 0 saturated carbocycles. The molecule has 0 unspecified atom stereocenters. The maximum atomic E-state index is 13.3. The first-order chi connectivity index (χ1) is 11.4. The fourth-order valence-corrected chi connectivity index (χ4v) is 3.19. The molecule has 126 valence electrons. The van der Waals surface area contributed by atoms with E-state index < -0.39 is 26.5 Å². The maximum Gasteiger partial charge on any atom is 0.306 e. The summed E-state index contributed by atoms with van der Waals surface area (Å²) in [6.45, 7) is 0.671. The summed E-state index contributed by atoms with van der Waals surface area (Å²) in [7, 11) is -4.03. The van der Waals surface area contributed by atoms with Crippen LogP contribution in [0.2, 0.25) is 0 Å². The number of rotatable bonds is 4. The Morgan fingerprint density at radius 1 is 1.08 bits per heavy atom. The monoisotopic (exact) mass is 354 g/mol. The number of nitrogens with one attached hydrogen (secondary N) is 1. The summed E-state index contributed by atoms with van der Waals surface area (Å²) in [6, 6.07) is 6.78. The molecule has 0 fully saturated rings. The molecule has 0 bridgehead atoms. The van der Waals surface area contributed by atoms with Gasteiger partial charge in [-0.15, -0.1) is 0 Å². The third-order valence-electron chi connectivity index (χ3n) is 3.22. The minimum atomic E-state index is -4.03. The van der Waals surface area contributed by atoms with Crippen molar-refractivity contribution in [2.75, 3.05) is 17.9 Å². The zero-order valence-corrected chi connectivity index (χ0v) is 12.9. The number of benzene rings is 2. The zero-order chi connectivity index (χ0) is 17.3. The second-order valence-corrected chi connectivity index (χ2v) is 6.52. The molecule has 1 aliphatic heterocycles. The van der Waals surface area contributed by atoms with Crippen molar-refractivity contribution >= 4 is 21.4 Å². The number of fused-ring (bicyclic) bond motifs is 1. The quantitative estimate of drug-likeness (QED) is 0.667. The van der Waals surface area contributed by atoms with Gasteiger partial charge in [-0.2, -0.15) is 4.39 Å². The van der Waals surface area contributed by atoms with Crippen molar-refractivity contribution < 1.29 is 27.2 Å². The van der Waals surface area contributed by atoms with E-state index in [4.69, 9.17) is 9.47 Å². The van der Waals surface area contributed by atoms with Crippen LogP contribution in [0.4, 0.5) is 15.8 Å². The Hall–Kier alpha value is -2.88. The van der Waals surface area contributed by atoms with E-state index in [-0.39, 0.29) is 16.3 Å². The van der Waals surface area contributed by atoms with E-state index in [1.54, 1.807) is 0 Å². The highest BCUT2D eigenvalue weighted by Gasteiger charge is 2.21. The molecule has 0 radical (unpaired) electrons. The summed E-state index contributed by atoms with van der Waals surface area (Å²) in [5, 5.41) is 10.7. The summed E-state index contributed by atoms with van der Waals surface area (Å²) in [4.78, 5) is 9.68. The summed E-state index contributed by atoms with van der Waals surface area (Å²) < 4.78 is 50.9. The van der Waals surface area contributed by atoms with Gasteiger partial charge in [0.2, 0.25) is 5.82 Å². The highest BCUT2D eigenvalue weighted by Crippen LogP contribution is 2.33. The molecule has 0 spiro atoms. The van der Waals surface area contributed by atoms with Gasteiger partial charge in [-0.1, -0.05) is 0 Å². The number of nitro groups is 1. The smallest absolute Gasteiger partial charge is 0.306 e. The zero-order valence-electron chi connectivity index (χ0n) is 12.1. The third-order valence-corrected chi connectivity index (χ3v) is 4.60. The van der Waals surface area contributed by atoms with E-state index in [0.717, 1.165) is 18.2 Å². The van der Waals surface area contributed by atoms with Gasteiger partial charge in [0.1, 0.15) is 13.2 Å². The topological polar surface area (TPSA) is 108 Å². The molecule has 24 heavy (non-hydrogen) atoms. The number of nitrogens with zero attached hydrogens (tertiary/aromatic N) is 1. The molecule has 1 aliphatic rings. The Balaban J connectivity index is 1.92. The molecule has 2 aromatic rings. The number of hydrogen-bond donors (Lipinski definition) is 1. The molecule has 10 heteroatoms. The number of nitro benzene ring substituents is 1. The van der Waals surface area contributed by atoms with Crippen LogP contribution in [0.5, 0.6) is 11.5 Å². The van der Waals surface area contributed by atoms with E-state index in [2.05, 4.69) is 4.72 Å². The number of anilines is 1. The van der Waals surface area contributed by atoms with Crippen LogP contribution in [-0.4, -0.2) is 26.6 Å². The fourth-order valence-electron chi connectivity index (χ4n) is 2.12.